The van der Waals surface area contributed by atoms with Crippen LogP contribution in [0, 0.1) is 0 Å². The zero-order chi connectivity index (χ0) is 14.7. The molecule has 0 aliphatic heterocycles. The molecule has 2 aromatic carbocycles. The highest BCUT2D eigenvalue weighted by Gasteiger charge is 2.17. The predicted octanol–water partition coefficient (Wildman–Crippen LogP) is 3.97. The quantitative estimate of drug-likeness (QED) is 0.898. The van der Waals surface area contributed by atoms with Crippen LogP contribution >= 0.6 is 23.2 Å². The molecule has 0 spiro atoms. The lowest BCUT2D eigenvalue weighted by molar-refractivity contribution is 0.0695. The predicted molar refractivity (Wildman–Crippen MR) is 78.5 cm³/mol. The van der Waals surface area contributed by atoms with Crippen molar-refractivity contribution in [3.8, 4) is 0 Å². The van der Waals surface area contributed by atoms with Gasteiger partial charge in [-0.1, -0.05) is 41.4 Å². The minimum absolute atomic E-state index is 0.155. The van der Waals surface area contributed by atoms with E-state index in [0.29, 0.717) is 21.2 Å². The molecular weight excluding hydrogens is 299 g/mol. The molecule has 104 valence electrons. The van der Waals surface area contributed by atoms with Gasteiger partial charge in [0.25, 0.3) is 0 Å². The lowest BCUT2D eigenvalue weighted by Crippen LogP contribution is -2.08. The van der Waals surface area contributed by atoms with E-state index < -0.39 is 12.1 Å². The molecule has 0 radical (unpaired) electrons. The molecule has 0 amide bonds. The summed E-state index contributed by atoms with van der Waals surface area (Å²) in [4.78, 5) is 11.1. The van der Waals surface area contributed by atoms with Crippen LogP contribution in [0.4, 0.5) is 0 Å². The molecule has 0 saturated carbocycles. The zero-order valence-electron chi connectivity index (χ0n) is 10.4. The number of carboxylic acids is 1. The molecule has 2 aromatic rings. The first-order valence-electron chi connectivity index (χ1n) is 5.93. The Kier molecular flexibility index (Phi) is 4.65. The maximum absolute atomic E-state index is 11.1. The highest BCUT2D eigenvalue weighted by molar-refractivity contribution is 6.33. The fourth-order valence-electron chi connectivity index (χ4n) is 2.00. The Bertz CT molecular complexity index is 641. The first kappa shape index (κ1) is 14.9. The van der Waals surface area contributed by atoms with Crippen LogP contribution in [0.2, 0.25) is 10.0 Å². The van der Waals surface area contributed by atoms with Gasteiger partial charge < -0.3 is 10.2 Å². The fraction of sp³-hybridized carbons (Fsp3) is 0.133. The van der Waals surface area contributed by atoms with E-state index in [1.807, 2.05) is 0 Å². The van der Waals surface area contributed by atoms with Crippen molar-refractivity contribution in [1.29, 1.82) is 0 Å². The van der Waals surface area contributed by atoms with E-state index in [-0.39, 0.29) is 12.0 Å². The largest absolute Gasteiger partial charge is 0.478 e. The van der Waals surface area contributed by atoms with E-state index in [2.05, 4.69) is 0 Å². The van der Waals surface area contributed by atoms with Crippen molar-refractivity contribution in [3.63, 3.8) is 0 Å². The van der Waals surface area contributed by atoms with E-state index in [1.165, 1.54) is 6.07 Å². The average molecular weight is 311 g/mol. The van der Waals surface area contributed by atoms with Gasteiger partial charge in [-0.2, -0.15) is 0 Å². The molecule has 0 aromatic heterocycles. The number of hydrogen-bond acceptors (Lipinski definition) is 2. The van der Waals surface area contributed by atoms with Crippen LogP contribution in [0.3, 0.4) is 0 Å². The van der Waals surface area contributed by atoms with Crippen molar-refractivity contribution in [2.45, 2.75) is 12.5 Å². The Morgan fingerprint density at radius 1 is 1.15 bits per heavy atom. The molecule has 0 fully saturated rings. The van der Waals surface area contributed by atoms with Gasteiger partial charge in [0, 0.05) is 22.0 Å². The number of carboxylic acid groups (broad SMARTS) is 1. The van der Waals surface area contributed by atoms with Crippen molar-refractivity contribution in [2.24, 2.45) is 0 Å². The lowest BCUT2D eigenvalue weighted by Gasteiger charge is -2.14. The topological polar surface area (TPSA) is 57.5 Å². The number of aromatic carboxylic acids is 1. The summed E-state index contributed by atoms with van der Waals surface area (Å²) in [5.41, 5.74) is 1.20. The van der Waals surface area contributed by atoms with Gasteiger partial charge in [-0.15, -0.1) is 0 Å². The van der Waals surface area contributed by atoms with Gasteiger partial charge in [-0.25, -0.2) is 4.79 Å². The van der Waals surface area contributed by atoms with Crippen LogP contribution in [0.1, 0.15) is 27.6 Å². The van der Waals surface area contributed by atoms with Crippen molar-refractivity contribution >= 4 is 29.2 Å². The summed E-state index contributed by atoms with van der Waals surface area (Å²) >= 11 is 11.9. The Morgan fingerprint density at radius 3 is 2.55 bits per heavy atom. The van der Waals surface area contributed by atoms with Crippen LogP contribution in [-0.2, 0) is 6.42 Å². The number of rotatable bonds is 4. The van der Waals surface area contributed by atoms with Gasteiger partial charge in [0.2, 0.25) is 0 Å². The standard InChI is InChI=1S/C15H12Cl2O3/c16-10-5-6-13(17)12(8-10)14(18)7-9-3-1-2-4-11(9)15(19)20/h1-6,8,14,18H,7H2,(H,19,20). The first-order valence-corrected chi connectivity index (χ1v) is 6.69. The van der Waals surface area contributed by atoms with Crippen molar-refractivity contribution < 1.29 is 15.0 Å². The summed E-state index contributed by atoms with van der Waals surface area (Å²) in [6.45, 7) is 0. The summed E-state index contributed by atoms with van der Waals surface area (Å²) in [5, 5.41) is 20.2. The average Bonchev–Trinajstić information content (AvgIpc) is 2.41. The number of aliphatic hydroxyl groups excluding tert-OH is 1. The second-order valence-electron chi connectivity index (χ2n) is 4.35. The Hall–Kier alpha value is -1.55. The molecule has 20 heavy (non-hydrogen) atoms. The molecule has 1 unspecified atom stereocenters. The SMILES string of the molecule is O=C(O)c1ccccc1CC(O)c1cc(Cl)ccc1Cl. The second-order valence-corrected chi connectivity index (χ2v) is 5.19. The van der Waals surface area contributed by atoms with Gasteiger partial charge in [0.15, 0.2) is 0 Å². The molecule has 1 atom stereocenters. The van der Waals surface area contributed by atoms with Crippen molar-refractivity contribution in [2.75, 3.05) is 0 Å². The fourth-order valence-corrected chi connectivity index (χ4v) is 2.42. The van der Waals surface area contributed by atoms with Gasteiger partial charge >= 0.3 is 5.97 Å². The normalized spacial score (nSPS) is 12.2. The molecule has 2 rings (SSSR count). The number of carbonyl (C=O) groups is 1. The molecule has 2 N–H and O–H groups in total. The highest BCUT2D eigenvalue weighted by atomic mass is 35.5. The zero-order valence-corrected chi connectivity index (χ0v) is 11.9. The maximum atomic E-state index is 11.1. The molecule has 0 aliphatic carbocycles. The van der Waals surface area contributed by atoms with Gasteiger partial charge in [0.05, 0.1) is 11.7 Å². The number of benzene rings is 2. The number of aliphatic hydroxyl groups is 1. The van der Waals surface area contributed by atoms with Crippen LogP contribution in [-0.4, -0.2) is 16.2 Å². The van der Waals surface area contributed by atoms with E-state index >= 15 is 0 Å². The van der Waals surface area contributed by atoms with E-state index in [9.17, 15) is 9.90 Å². The van der Waals surface area contributed by atoms with E-state index in [0.717, 1.165) is 0 Å². The summed E-state index contributed by atoms with van der Waals surface area (Å²) < 4.78 is 0. The van der Waals surface area contributed by atoms with Gasteiger partial charge in [-0.3, -0.25) is 0 Å². The Morgan fingerprint density at radius 2 is 1.85 bits per heavy atom. The van der Waals surface area contributed by atoms with E-state index in [1.54, 1.807) is 36.4 Å². The minimum Gasteiger partial charge on any atom is -0.478 e. The molecule has 0 saturated heterocycles. The van der Waals surface area contributed by atoms with Crippen LogP contribution in [0.5, 0.6) is 0 Å². The van der Waals surface area contributed by atoms with E-state index in [4.69, 9.17) is 28.3 Å². The first-order chi connectivity index (χ1) is 9.49. The molecule has 5 heteroatoms. The van der Waals surface area contributed by atoms with Crippen molar-refractivity contribution in [1.82, 2.24) is 0 Å². The summed E-state index contributed by atoms with van der Waals surface area (Å²) in [5.74, 6) is -1.02. The highest BCUT2D eigenvalue weighted by Crippen LogP contribution is 2.29. The van der Waals surface area contributed by atoms with Gasteiger partial charge in [-0.05, 0) is 29.8 Å². The van der Waals surface area contributed by atoms with Gasteiger partial charge in [0.1, 0.15) is 0 Å². The van der Waals surface area contributed by atoms with Crippen LogP contribution in [0.25, 0.3) is 0 Å². The molecular formula is C15H12Cl2O3. The summed E-state index contributed by atoms with van der Waals surface area (Å²) in [7, 11) is 0. The molecule has 0 heterocycles. The van der Waals surface area contributed by atoms with Crippen molar-refractivity contribution in [3.05, 3.63) is 69.2 Å². The monoisotopic (exact) mass is 310 g/mol. The lowest BCUT2D eigenvalue weighted by atomic mass is 9.97. The molecule has 3 nitrogen and oxygen atoms in total. The number of halogens is 2. The smallest absolute Gasteiger partial charge is 0.335 e. The third-order valence-electron chi connectivity index (χ3n) is 2.98. The third-order valence-corrected chi connectivity index (χ3v) is 3.56. The summed E-state index contributed by atoms with van der Waals surface area (Å²) in [6.07, 6.45) is -0.760. The molecule has 0 aliphatic rings. The Balaban J connectivity index is 2.30. The minimum atomic E-state index is -1.02. The summed E-state index contributed by atoms with van der Waals surface area (Å²) in [6, 6.07) is 11.4. The van der Waals surface area contributed by atoms with Crippen LogP contribution < -0.4 is 0 Å². The number of hydrogen-bond donors (Lipinski definition) is 2. The third kappa shape index (κ3) is 3.31. The molecule has 0 bridgehead atoms. The Labute approximate surface area is 126 Å². The maximum Gasteiger partial charge on any atom is 0.335 e. The second kappa shape index (κ2) is 6.27. The van der Waals surface area contributed by atoms with Crippen LogP contribution in [0.15, 0.2) is 42.5 Å².